The summed E-state index contributed by atoms with van der Waals surface area (Å²) in [6.07, 6.45) is -0.685. The van der Waals surface area contributed by atoms with Crippen LogP contribution in [0.5, 0.6) is 0 Å². The summed E-state index contributed by atoms with van der Waals surface area (Å²) in [7, 11) is 0. The van der Waals surface area contributed by atoms with Gasteiger partial charge in [-0.15, -0.1) is 0 Å². The van der Waals surface area contributed by atoms with Crippen LogP contribution in [-0.4, -0.2) is 5.11 Å². The van der Waals surface area contributed by atoms with Crippen LogP contribution in [0.1, 0.15) is 18.6 Å². The summed E-state index contributed by atoms with van der Waals surface area (Å²) in [5.41, 5.74) is 0.611. The molecule has 1 nitrogen and oxygen atoms in total. The molecule has 18 heavy (non-hydrogen) atoms. The Morgan fingerprint density at radius 2 is 1.94 bits per heavy atom. The van der Waals surface area contributed by atoms with Gasteiger partial charge in [0.25, 0.3) is 0 Å². The number of hydrogen-bond acceptors (Lipinski definition) is 2. The van der Waals surface area contributed by atoms with Crippen molar-refractivity contribution in [1.29, 1.82) is 0 Å². The van der Waals surface area contributed by atoms with Crippen LogP contribution in [0.3, 0.4) is 0 Å². The summed E-state index contributed by atoms with van der Waals surface area (Å²) in [6.45, 7) is 1.64. The lowest BCUT2D eigenvalue weighted by Gasteiger charge is -2.12. The van der Waals surface area contributed by atoms with Gasteiger partial charge in [-0.25, -0.2) is 4.39 Å². The van der Waals surface area contributed by atoms with Crippen molar-refractivity contribution in [3.05, 3.63) is 58.3 Å². The first kappa shape index (κ1) is 13.6. The number of hydrogen-bond donors (Lipinski definition) is 1. The highest BCUT2D eigenvalue weighted by Crippen LogP contribution is 2.36. The van der Waals surface area contributed by atoms with Gasteiger partial charge in [-0.1, -0.05) is 45.9 Å². The van der Waals surface area contributed by atoms with Crippen molar-refractivity contribution in [3.8, 4) is 0 Å². The molecule has 0 saturated carbocycles. The molecule has 2 rings (SSSR count). The number of rotatable bonds is 3. The summed E-state index contributed by atoms with van der Waals surface area (Å²) in [4.78, 5) is 1.40. The van der Waals surface area contributed by atoms with Crippen molar-refractivity contribution in [2.45, 2.75) is 22.8 Å². The minimum absolute atomic E-state index is 0.307. The molecule has 0 spiro atoms. The number of halogens is 2. The Bertz CT molecular complexity index is 557. The molecule has 0 aromatic heterocycles. The van der Waals surface area contributed by atoms with Gasteiger partial charge in [0.1, 0.15) is 5.82 Å². The summed E-state index contributed by atoms with van der Waals surface area (Å²) >= 11 is 4.70. The highest BCUT2D eigenvalue weighted by Gasteiger charge is 2.13. The zero-order valence-corrected chi connectivity index (χ0v) is 12.1. The average Bonchev–Trinajstić information content (AvgIpc) is 2.31. The number of aliphatic hydroxyl groups excluding tert-OH is 1. The van der Waals surface area contributed by atoms with Crippen LogP contribution in [0.2, 0.25) is 0 Å². The second-order valence-corrected chi connectivity index (χ2v) is 5.89. The molecule has 0 saturated heterocycles. The Morgan fingerprint density at radius 1 is 1.22 bits per heavy atom. The Labute approximate surface area is 118 Å². The fourth-order valence-corrected chi connectivity index (χ4v) is 3.25. The number of benzene rings is 2. The quantitative estimate of drug-likeness (QED) is 0.874. The molecule has 0 unspecified atom stereocenters. The van der Waals surface area contributed by atoms with E-state index in [1.807, 2.05) is 24.3 Å². The van der Waals surface area contributed by atoms with Crippen molar-refractivity contribution in [2.24, 2.45) is 0 Å². The summed E-state index contributed by atoms with van der Waals surface area (Å²) in [5.74, 6) is -0.307. The Kier molecular flexibility index (Phi) is 4.43. The van der Waals surface area contributed by atoms with E-state index >= 15 is 0 Å². The highest BCUT2D eigenvalue weighted by atomic mass is 79.9. The molecule has 1 N–H and O–H groups in total. The Morgan fingerprint density at radius 3 is 2.61 bits per heavy atom. The second kappa shape index (κ2) is 5.87. The Hall–Kier alpha value is -0.840. The standard InChI is InChI=1S/C14H12BrFOS/c1-9(17)12-6-3-7-13(16)14(12)18-11-5-2-4-10(15)8-11/h2-9,17H,1H3/t9-/m1/s1. The van der Waals surface area contributed by atoms with Gasteiger partial charge in [0.05, 0.1) is 11.0 Å². The average molecular weight is 327 g/mol. The summed E-state index contributed by atoms with van der Waals surface area (Å²) in [5, 5.41) is 9.67. The highest BCUT2D eigenvalue weighted by molar-refractivity contribution is 9.10. The minimum Gasteiger partial charge on any atom is -0.389 e. The van der Waals surface area contributed by atoms with E-state index in [1.54, 1.807) is 19.1 Å². The van der Waals surface area contributed by atoms with Gasteiger partial charge < -0.3 is 5.11 Å². The lowest BCUT2D eigenvalue weighted by molar-refractivity contribution is 0.195. The first-order chi connectivity index (χ1) is 8.58. The van der Waals surface area contributed by atoms with Crippen molar-refractivity contribution in [2.75, 3.05) is 0 Å². The molecule has 0 bridgehead atoms. The van der Waals surface area contributed by atoms with Crippen LogP contribution in [0.4, 0.5) is 4.39 Å². The third-order valence-electron chi connectivity index (χ3n) is 2.46. The third kappa shape index (κ3) is 3.13. The molecular weight excluding hydrogens is 315 g/mol. The SMILES string of the molecule is C[C@@H](O)c1cccc(F)c1Sc1cccc(Br)c1. The monoisotopic (exact) mass is 326 g/mol. The zero-order valence-electron chi connectivity index (χ0n) is 9.73. The van der Waals surface area contributed by atoms with E-state index in [0.717, 1.165) is 9.37 Å². The van der Waals surface area contributed by atoms with E-state index in [-0.39, 0.29) is 5.82 Å². The molecule has 0 aliphatic carbocycles. The number of aliphatic hydroxyl groups is 1. The third-order valence-corrected chi connectivity index (χ3v) is 4.08. The smallest absolute Gasteiger partial charge is 0.137 e. The minimum atomic E-state index is -0.685. The van der Waals surface area contributed by atoms with E-state index in [0.29, 0.717) is 10.5 Å². The first-order valence-electron chi connectivity index (χ1n) is 5.48. The Balaban J connectivity index is 2.39. The first-order valence-corrected chi connectivity index (χ1v) is 7.09. The van der Waals surface area contributed by atoms with Gasteiger partial charge in [-0.05, 0) is 36.8 Å². The zero-order chi connectivity index (χ0) is 13.1. The lowest BCUT2D eigenvalue weighted by Crippen LogP contribution is -1.96. The van der Waals surface area contributed by atoms with Gasteiger partial charge in [-0.3, -0.25) is 0 Å². The van der Waals surface area contributed by atoms with Crippen molar-refractivity contribution < 1.29 is 9.50 Å². The van der Waals surface area contributed by atoms with Crippen LogP contribution < -0.4 is 0 Å². The van der Waals surface area contributed by atoms with E-state index in [9.17, 15) is 9.50 Å². The lowest BCUT2D eigenvalue weighted by atomic mass is 10.1. The largest absolute Gasteiger partial charge is 0.389 e. The van der Waals surface area contributed by atoms with Crippen LogP contribution in [-0.2, 0) is 0 Å². The van der Waals surface area contributed by atoms with Crippen molar-refractivity contribution >= 4 is 27.7 Å². The summed E-state index contributed by atoms with van der Waals surface area (Å²) in [6, 6.07) is 12.4. The van der Waals surface area contributed by atoms with E-state index in [2.05, 4.69) is 15.9 Å². The van der Waals surface area contributed by atoms with E-state index in [1.165, 1.54) is 17.8 Å². The molecule has 0 fully saturated rings. The molecule has 4 heteroatoms. The molecule has 1 atom stereocenters. The van der Waals surface area contributed by atoms with Gasteiger partial charge in [0.15, 0.2) is 0 Å². The molecule has 0 aliphatic rings. The molecule has 94 valence electrons. The van der Waals surface area contributed by atoms with Gasteiger partial charge in [0.2, 0.25) is 0 Å². The van der Waals surface area contributed by atoms with Crippen LogP contribution in [0.15, 0.2) is 56.7 Å². The fourth-order valence-electron chi connectivity index (χ4n) is 1.61. The van der Waals surface area contributed by atoms with Crippen LogP contribution in [0.25, 0.3) is 0 Å². The van der Waals surface area contributed by atoms with E-state index in [4.69, 9.17) is 0 Å². The molecular formula is C14H12BrFOS. The molecule has 2 aromatic rings. The van der Waals surface area contributed by atoms with Gasteiger partial charge in [0, 0.05) is 9.37 Å². The van der Waals surface area contributed by atoms with Gasteiger partial charge >= 0.3 is 0 Å². The van der Waals surface area contributed by atoms with Crippen molar-refractivity contribution in [3.63, 3.8) is 0 Å². The molecule has 2 aromatic carbocycles. The maximum atomic E-state index is 13.9. The molecule has 0 heterocycles. The fraction of sp³-hybridized carbons (Fsp3) is 0.143. The molecule has 0 aliphatic heterocycles. The van der Waals surface area contributed by atoms with Gasteiger partial charge in [-0.2, -0.15) is 0 Å². The van der Waals surface area contributed by atoms with Crippen molar-refractivity contribution in [1.82, 2.24) is 0 Å². The topological polar surface area (TPSA) is 20.2 Å². The molecule has 0 radical (unpaired) electrons. The van der Waals surface area contributed by atoms with E-state index < -0.39 is 6.10 Å². The van der Waals surface area contributed by atoms with Crippen LogP contribution >= 0.6 is 27.7 Å². The second-order valence-electron chi connectivity index (χ2n) is 3.89. The maximum absolute atomic E-state index is 13.9. The molecule has 0 amide bonds. The maximum Gasteiger partial charge on any atom is 0.137 e. The predicted molar refractivity (Wildman–Crippen MR) is 75.3 cm³/mol. The predicted octanol–water partition coefficient (Wildman–Crippen LogP) is 4.79. The van der Waals surface area contributed by atoms with Crippen LogP contribution in [0, 0.1) is 5.82 Å². The summed E-state index contributed by atoms with van der Waals surface area (Å²) < 4.78 is 14.8. The normalized spacial score (nSPS) is 12.4.